The van der Waals surface area contributed by atoms with Gasteiger partial charge < -0.3 is 0 Å². The van der Waals surface area contributed by atoms with Crippen molar-refractivity contribution in [2.45, 2.75) is 14.7 Å². The average molecular weight is 461 g/mol. The maximum Gasteiger partial charge on any atom is 0.269 e. The zero-order chi connectivity index (χ0) is 19.6. The molecule has 0 spiro atoms. The minimum atomic E-state index is -3.83. The molecule has 1 heterocycles. The molecule has 1 N–H and O–H groups in total. The molecule has 3 rings (SSSR count). The second-order valence-electron chi connectivity index (χ2n) is 5.17. The molecule has 0 bridgehead atoms. The molecule has 0 atom stereocenters. The third-order valence-electron chi connectivity index (χ3n) is 3.30. The van der Waals surface area contributed by atoms with Crippen LogP contribution in [0.3, 0.4) is 0 Å². The molecule has 0 aliphatic carbocycles. The predicted molar refractivity (Wildman–Crippen MR) is 109 cm³/mol. The molecule has 0 aliphatic rings. The van der Waals surface area contributed by atoms with Crippen LogP contribution in [0.15, 0.2) is 69.3 Å². The van der Waals surface area contributed by atoms with Gasteiger partial charge in [0, 0.05) is 27.6 Å². The summed E-state index contributed by atoms with van der Waals surface area (Å²) in [6, 6.07) is 14.2. The highest BCUT2D eigenvalue weighted by Gasteiger charge is 2.21. The van der Waals surface area contributed by atoms with Crippen LogP contribution in [0.1, 0.15) is 0 Å². The Labute approximate surface area is 173 Å². The molecular formula is C16H10Cl2N2O4S3. The van der Waals surface area contributed by atoms with Gasteiger partial charge in [-0.1, -0.05) is 35.0 Å². The van der Waals surface area contributed by atoms with Gasteiger partial charge in [0.2, 0.25) is 0 Å². The third kappa shape index (κ3) is 4.94. The fourth-order valence-corrected chi connectivity index (χ4v) is 6.11. The number of nitrogens with one attached hydrogen (secondary N) is 1. The molecule has 11 heteroatoms. The highest BCUT2D eigenvalue weighted by atomic mass is 35.5. The second-order valence-corrected chi connectivity index (χ2v) is 10.3. The fraction of sp³-hybridized carbons (Fsp3) is 0. The fourth-order valence-electron chi connectivity index (χ4n) is 2.08. The normalized spacial score (nSPS) is 11.3. The van der Waals surface area contributed by atoms with Crippen molar-refractivity contribution in [1.82, 2.24) is 0 Å². The number of hydrogen-bond acceptors (Lipinski definition) is 6. The molecule has 2 aromatic carbocycles. The average Bonchev–Trinajstić information content (AvgIpc) is 2.96. The molecule has 27 heavy (non-hydrogen) atoms. The van der Waals surface area contributed by atoms with Crippen LogP contribution < -0.4 is 4.72 Å². The Bertz CT molecular complexity index is 1080. The van der Waals surface area contributed by atoms with E-state index in [-0.39, 0.29) is 19.3 Å². The molecule has 1 aromatic heterocycles. The van der Waals surface area contributed by atoms with Gasteiger partial charge in [-0.25, -0.2) is 8.42 Å². The zero-order valence-corrected chi connectivity index (χ0v) is 17.2. The molecule has 0 unspecified atom stereocenters. The SMILES string of the molecule is O=[N+]([O-])c1ccc(Sc2ccc(NS(=O)(=O)c3cc(Cl)sc3Cl)cc2)cc1. The van der Waals surface area contributed by atoms with E-state index in [1.54, 1.807) is 36.4 Å². The first-order valence-electron chi connectivity index (χ1n) is 7.24. The summed E-state index contributed by atoms with van der Waals surface area (Å²) < 4.78 is 27.6. The highest BCUT2D eigenvalue weighted by Crippen LogP contribution is 2.35. The Morgan fingerprint density at radius 3 is 2.04 bits per heavy atom. The predicted octanol–water partition coefficient (Wildman–Crippen LogP) is 5.92. The van der Waals surface area contributed by atoms with Crippen LogP contribution in [0.4, 0.5) is 11.4 Å². The Kier molecular flexibility index (Phi) is 5.97. The van der Waals surface area contributed by atoms with Crippen molar-refractivity contribution in [3.8, 4) is 0 Å². The third-order valence-corrected chi connectivity index (χ3v) is 7.45. The van der Waals surface area contributed by atoms with Gasteiger partial charge in [-0.05, 0) is 42.5 Å². The van der Waals surface area contributed by atoms with E-state index in [9.17, 15) is 18.5 Å². The summed E-state index contributed by atoms with van der Waals surface area (Å²) in [5, 5.41) is 10.7. The molecule has 0 radical (unpaired) electrons. The molecule has 140 valence electrons. The highest BCUT2D eigenvalue weighted by molar-refractivity contribution is 7.99. The summed E-state index contributed by atoms with van der Waals surface area (Å²) in [7, 11) is -3.83. The van der Waals surface area contributed by atoms with Gasteiger partial charge in [0.1, 0.15) is 9.23 Å². The van der Waals surface area contributed by atoms with Crippen molar-refractivity contribution in [2.75, 3.05) is 4.72 Å². The smallest absolute Gasteiger partial charge is 0.269 e. The van der Waals surface area contributed by atoms with E-state index >= 15 is 0 Å². The Balaban J connectivity index is 1.71. The van der Waals surface area contributed by atoms with Gasteiger partial charge in [-0.2, -0.15) is 0 Å². The van der Waals surface area contributed by atoms with E-state index in [0.717, 1.165) is 21.1 Å². The molecule has 0 aliphatic heterocycles. The summed E-state index contributed by atoms with van der Waals surface area (Å²) in [6.45, 7) is 0. The van der Waals surface area contributed by atoms with Crippen LogP contribution >= 0.6 is 46.3 Å². The Morgan fingerprint density at radius 2 is 1.56 bits per heavy atom. The van der Waals surface area contributed by atoms with Crippen LogP contribution in [0.5, 0.6) is 0 Å². The van der Waals surface area contributed by atoms with Crippen molar-refractivity contribution in [3.05, 3.63) is 73.4 Å². The largest absolute Gasteiger partial charge is 0.280 e. The first-order chi connectivity index (χ1) is 12.7. The van der Waals surface area contributed by atoms with Crippen molar-refractivity contribution >= 4 is 67.7 Å². The number of benzene rings is 2. The summed E-state index contributed by atoms with van der Waals surface area (Å²) in [5.41, 5.74) is 0.401. The number of nitrogens with zero attached hydrogens (tertiary/aromatic N) is 1. The van der Waals surface area contributed by atoms with Crippen LogP contribution in [0.2, 0.25) is 8.67 Å². The molecule has 0 saturated carbocycles. The lowest BCUT2D eigenvalue weighted by atomic mass is 10.3. The molecule has 0 saturated heterocycles. The molecule has 0 fully saturated rings. The zero-order valence-electron chi connectivity index (χ0n) is 13.3. The molecular weight excluding hydrogens is 451 g/mol. The number of sulfonamides is 1. The second kappa shape index (κ2) is 8.07. The first kappa shape index (κ1) is 20.0. The Hall–Kier alpha value is -1.78. The number of anilines is 1. The van der Waals surface area contributed by atoms with Crippen LogP contribution in [-0.4, -0.2) is 13.3 Å². The molecule has 0 amide bonds. The van der Waals surface area contributed by atoms with E-state index in [4.69, 9.17) is 23.2 Å². The minimum Gasteiger partial charge on any atom is -0.280 e. The van der Waals surface area contributed by atoms with E-state index in [1.165, 1.54) is 30.0 Å². The summed E-state index contributed by atoms with van der Waals surface area (Å²) in [6.07, 6.45) is 0. The van der Waals surface area contributed by atoms with Gasteiger partial charge in [-0.15, -0.1) is 11.3 Å². The lowest BCUT2D eigenvalue weighted by Gasteiger charge is -2.08. The minimum absolute atomic E-state index is 0.0244. The molecule has 3 aromatic rings. The van der Waals surface area contributed by atoms with Crippen LogP contribution in [0, 0.1) is 10.1 Å². The standard InChI is InChI=1S/C16H10Cl2N2O4S3/c17-15-9-14(16(18)26-15)27(23,24)19-10-1-5-12(6-2-10)25-13-7-3-11(4-8-13)20(21)22/h1-9,19H. The lowest BCUT2D eigenvalue weighted by Crippen LogP contribution is -2.12. The van der Waals surface area contributed by atoms with E-state index in [1.807, 2.05) is 0 Å². The number of thiophene rings is 1. The van der Waals surface area contributed by atoms with Gasteiger partial charge in [0.25, 0.3) is 15.7 Å². The maximum atomic E-state index is 12.4. The monoisotopic (exact) mass is 460 g/mol. The number of nitro groups is 1. The summed E-state index contributed by atoms with van der Waals surface area (Å²) in [5.74, 6) is 0. The van der Waals surface area contributed by atoms with Gasteiger partial charge in [0.05, 0.1) is 9.26 Å². The Morgan fingerprint density at radius 1 is 1.00 bits per heavy atom. The number of nitro benzene ring substituents is 1. The maximum absolute atomic E-state index is 12.4. The molecule has 6 nitrogen and oxygen atoms in total. The van der Waals surface area contributed by atoms with Crippen LogP contribution in [-0.2, 0) is 10.0 Å². The lowest BCUT2D eigenvalue weighted by molar-refractivity contribution is -0.384. The van der Waals surface area contributed by atoms with Crippen molar-refractivity contribution in [3.63, 3.8) is 0 Å². The topological polar surface area (TPSA) is 89.3 Å². The van der Waals surface area contributed by atoms with E-state index < -0.39 is 14.9 Å². The quantitative estimate of drug-likeness (QED) is 0.364. The number of halogens is 2. The van der Waals surface area contributed by atoms with Gasteiger partial charge in [0.15, 0.2) is 0 Å². The van der Waals surface area contributed by atoms with Crippen molar-refractivity contribution in [1.29, 1.82) is 0 Å². The summed E-state index contributed by atoms with van der Waals surface area (Å²) in [4.78, 5) is 11.8. The van der Waals surface area contributed by atoms with Gasteiger partial charge >= 0.3 is 0 Å². The number of rotatable bonds is 6. The van der Waals surface area contributed by atoms with Crippen LogP contribution in [0.25, 0.3) is 0 Å². The van der Waals surface area contributed by atoms with Crippen molar-refractivity contribution < 1.29 is 13.3 Å². The first-order valence-corrected chi connectivity index (χ1v) is 11.1. The van der Waals surface area contributed by atoms with Gasteiger partial charge in [-0.3, -0.25) is 14.8 Å². The summed E-state index contributed by atoms with van der Waals surface area (Å²) >= 11 is 14.1. The van der Waals surface area contributed by atoms with Crippen molar-refractivity contribution in [2.24, 2.45) is 0 Å². The number of hydrogen-bond donors (Lipinski definition) is 1. The van der Waals surface area contributed by atoms with E-state index in [0.29, 0.717) is 5.69 Å². The number of non-ortho nitro benzene ring substituents is 1. The van der Waals surface area contributed by atoms with E-state index in [2.05, 4.69) is 4.72 Å².